The molecule has 0 fully saturated rings. The van der Waals surface area contributed by atoms with E-state index < -0.39 is 4.92 Å². The van der Waals surface area contributed by atoms with Gasteiger partial charge in [0.25, 0.3) is 0 Å². The molecule has 0 aliphatic heterocycles. The average Bonchev–Trinajstić information content (AvgIpc) is 2.41. The largest absolute Gasteiger partial charge is 0.369 e. The summed E-state index contributed by atoms with van der Waals surface area (Å²) in [5, 5.41) is 14.5. The number of rotatable bonds is 3. The molecule has 20 heavy (non-hydrogen) atoms. The number of benzene rings is 1. The van der Waals surface area contributed by atoms with Crippen LogP contribution < -0.4 is 5.32 Å². The smallest absolute Gasteiger partial charge is 0.345 e. The molecular formula is C12H11ClN4O2S. The van der Waals surface area contributed by atoms with Gasteiger partial charge in [0.05, 0.1) is 4.92 Å². The predicted octanol–water partition coefficient (Wildman–Crippen LogP) is 3.42. The van der Waals surface area contributed by atoms with E-state index in [4.69, 9.17) is 23.8 Å². The first-order chi connectivity index (χ1) is 9.45. The molecule has 1 aromatic heterocycles. The maximum Gasteiger partial charge on any atom is 0.345 e. The van der Waals surface area contributed by atoms with Crippen molar-refractivity contribution in [2.24, 2.45) is 7.05 Å². The maximum absolute atomic E-state index is 11.1. The Morgan fingerprint density at radius 2 is 2.00 bits per heavy atom. The fourth-order valence-corrected chi connectivity index (χ4v) is 2.28. The van der Waals surface area contributed by atoms with Gasteiger partial charge in [-0.1, -0.05) is 23.8 Å². The monoisotopic (exact) mass is 310 g/mol. The SMILES string of the molecule is CNc1c([N+](=O)[O-])c(=S)nc(-c2ccc(Cl)cc2)n1C. The molecule has 0 saturated carbocycles. The molecule has 1 heterocycles. The Hall–Kier alpha value is -1.99. The van der Waals surface area contributed by atoms with E-state index in [1.807, 2.05) is 0 Å². The third kappa shape index (κ3) is 2.50. The normalized spacial score (nSPS) is 10.3. The van der Waals surface area contributed by atoms with E-state index in [0.29, 0.717) is 16.7 Å². The number of aromatic nitrogens is 2. The van der Waals surface area contributed by atoms with Crippen LogP contribution >= 0.6 is 23.8 Å². The quantitative estimate of drug-likeness (QED) is 0.534. The van der Waals surface area contributed by atoms with Crippen molar-refractivity contribution in [2.75, 3.05) is 12.4 Å². The van der Waals surface area contributed by atoms with Gasteiger partial charge in [-0.05, 0) is 24.3 Å². The van der Waals surface area contributed by atoms with Crippen LogP contribution in [0.5, 0.6) is 0 Å². The molecular weight excluding hydrogens is 300 g/mol. The molecule has 0 aliphatic rings. The predicted molar refractivity (Wildman–Crippen MR) is 80.7 cm³/mol. The highest BCUT2D eigenvalue weighted by Gasteiger charge is 2.21. The van der Waals surface area contributed by atoms with Crippen molar-refractivity contribution in [3.63, 3.8) is 0 Å². The molecule has 0 spiro atoms. The maximum atomic E-state index is 11.1. The molecule has 104 valence electrons. The minimum Gasteiger partial charge on any atom is -0.369 e. The van der Waals surface area contributed by atoms with Crippen molar-refractivity contribution in [2.45, 2.75) is 0 Å². The van der Waals surface area contributed by atoms with Gasteiger partial charge >= 0.3 is 5.69 Å². The molecule has 1 N–H and O–H groups in total. The Morgan fingerprint density at radius 3 is 2.50 bits per heavy atom. The second-order valence-electron chi connectivity index (χ2n) is 4.01. The second kappa shape index (κ2) is 5.56. The first-order valence-electron chi connectivity index (χ1n) is 5.64. The van der Waals surface area contributed by atoms with Gasteiger partial charge in [0, 0.05) is 24.7 Å². The fourth-order valence-electron chi connectivity index (χ4n) is 1.90. The molecule has 2 rings (SSSR count). The zero-order valence-electron chi connectivity index (χ0n) is 10.8. The number of nitrogens with zero attached hydrogens (tertiary/aromatic N) is 3. The fraction of sp³-hybridized carbons (Fsp3) is 0.167. The van der Waals surface area contributed by atoms with Crippen LogP contribution in [0.3, 0.4) is 0 Å². The van der Waals surface area contributed by atoms with E-state index in [1.165, 1.54) is 0 Å². The number of halogens is 1. The molecule has 0 amide bonds. The minimum atomic E-state index is -0.535. The highest BCUT2D eigenvalue weighted by molar-refractivity contribution is 7.71. The van der Waals surface area contributed by atoms with Gasteiger partial charge in [-0.3, -0.25) is 10.1 Å². The molecule has 0 bridgehead atoms. The Balaban J connectivity index is 2.74. The van der Waals surface area contributed by atoms with E-state index in [1.54, 1.807) is 42.9 Å². The summed E-state index contributed by atoms with van der Waals surface area (Å²) in [4.78, 5) is 14.7. The lowest BCUT2D eigenvalue weighted by atomic mass is 10.2. The Kier molecular flexibility index (Phi) is 4.01. The topological polar surface area (TPSA) is 73.0 Å². The summed E-state index contributed by atoms with van der Waals surface area (Å²) in [5.74, 6) is 0.835. The number of hydrogen-bond donors (Lipinski definition) is 1. The van der Waals surface area contributed by atoms with Crippen LogP contribution in [-0.2, 0) is 7.05 Å². The van der Waals surface area contributed by atoms with Gasteiger partial charge in [0.15, 0.2) is 5.82 Å². The lowest BCUT2D eigenvalue weighted by Crippen LogP contribution is -2.10. The molecule has 0 radical (unpaired) electrons. The molecule has 1 aromatic carbocycles. The highest BCUT2D eigenvalue weighted by Crippen LogP contribution is 2.29. The van der Waals surface area contributed by atoms with Crippen LogP contribution in [-0.4, -0.2) is 21.5 Å². The second-order valence-corrected chi connectivity index (χ2v) is 4.83. The van der Waals surface area contributed by atoms with Crippen LogP contribution in [0.4, 0.5) is 11.5 Å². The summed E-state index contributed by atoms with van der Waals surface area (Å²) in [6, 6.07) is 7.01. The van der Waals surface area contributed by atoms with Gasteiger partial charge in [0.1, 0.15) is 5.82 Å². The summed E-state index contributed by atoms with van der Waals surface area (Å²) in [7, 11) is 3.29. The Bertz CT molecular complexity index is 727. The van der Waals surface area contributed by atoms with Crippen LogP contribution in [0, 0.1) is 14.8 Å². The van der Waals surface area contributed by atoms with Crippen molar-refractivity contribution in [3.8, 4) is 11.4 Å². The summed E-state index contributed by atoms with van der Waals surface area (Å²) < 4.78 is 1.54. The molecule has 0 unspecified atom stereocenters. The lowest BCUT2D eigenvalue weighted by Gasteiger charge is -2.13. The zero-order valence-corrected chi connectivity index (χ0v) is 12.3. The lowest BCUT2D eigenvalue weighted by molar-refractivity contribution is -0.385. The molecule has 6 nitrogen and oxygen atoms in total. The molecule has 2 aromatic rings. The van der Waals surface area contributed by atoms with Gasteiger partial charge in [-0.15, -0.1) is 0 Å². The summed E-state index contributed by atoms with van der Waals surface area (Å²) in [6.07, 6.45) is 0. The number of nitro groups is 1. The Labute approximate surface area is 125 Å². The number of anilines is 1. The number of nitrogens with one attached hydrogen (secondary N) is 1. The summed E-state index contributed by atoms with van der Waals surface area (Å²) in [5.41, 5.74) is 0.567. The van der Waals surface area contributed by atoms with Crippen molar-refractivity contribution < 1.29 is 4.92 Å². The zero-order chi connectivity index (χ0) is 14.9. The van der Waals surface area contributed by atoms with Crippen LogP contribution in [0.15, 0.2) is 24.3 Å². The van der Waals surface area contributed by atoms with Crippen molar-refractivity contribution >= 4 is 35.3 Å². The van der Waals surface area contributed by atoms with Gasteiger partial charge in [0.2, 0.25) is 4.64 Å². The molecule has 0 saturated heterocycles. The average molecular weight is 311 g/mol. The molecule has 0 aliphatic carbocycles. The summed E-state index contributed by atoms with van der Waals surface area (Å²) in [6.45, 7) is 0. The summed E-state index contributed by atoms with van der Waals surface area (Å²) >= 11 is 10.9. The third-order valence-electron chi connectivity index (χ3n) is 2.81. The molecule has 0 atom stereocenters. The number of hydrogen-bond acceptors (Lipinski definition) is 5. The standard InChI is InChI=1S/C12H11ClN4O2S/c1-14-11-9(17(18)19)12(20)15-10(16(11)2)7-3-5-8(13)6-4-7/h3-6,14H,1-2H3. The Morgan fingerprint density at radius 1 is 1.40 bits per heavy atom. The van der Waals surface area contributed by atoms with E-state index in [2.05, 4.69) is 10.3 Å². The third-order valence-corrected chi connectivity index (χ3v) is 3.35. The van der Waals surface area contributed by atoms with Crippen molar-refractivity contribution in [1.82, 2.24) is 9.55 Å². The van der Waals surface area contributed by atoms with Crippen molar-refractivity contribution in [3.05, 3.63) is 44.0 Å². The van der Waals surface area contributed by atoms with E-state index in [0.717, 1.165) is 5.56 Å². The van der Waals surface area contributed by atoms with Crippen LogP contribution in [0.2, 0.25) is 5.02 Å². The van der Waals surface area contributed by atoms with E-state index >= 15 is 0 Å². The van der Waals surface area contributed by atoms with Gasteiger partial charge < -0.3 is 9.88 Å². The van der Waals surface area contributed by atoms with Crippen molar-refractivity contribution in [1.29, 1.82) is 0 Å². The van der Waals surface area contributed by atoms with E-state index in [-0.39, 0.29) is 10.3 Å². The first kappa shape index (κ1) is 14.4. The first-order valence-corrected chi connectivity index (χ1v) is 6.43. The van der Waals surface area contributed by atoms with Gasteiger partial charge in [-0.2, -0.15) is 0 Å². The highest BCUT2D eigenvalue weighted by atomic mass is 35.5. The minimum absolute atomic E-state index is 0.0533. The van der Waals surface area contributed by atoms with Gasteiger partial charge in [-0.25, -0.2) is 4.98 Å². The molecule has 8 heteroatoms. The van der Waals surface area contributed by atoms with E-state index in [9.17, 15) is 10.1 Å². The van der Waals surface area contributed by atoms with Crippen LogP contribution in [0.25, 0.3) is 11.4 Å². The van der Waals surface area contributed by atoms with Crippen LogP contribution in [0.1, 0.15) is 0 Å².